The second kappa shape index (κ2) is 11.2. The van der Waals surface area contributed by atoms with Gasteiger partial charge < -0.3 is 4.90 Å². The van der Waals surface area contributed by atoms with Crippen LogP contribution in [-0.4, -0.2) is 47.9 Å². The first-order valence-corrected chi connectivity index (χ1v) is 12.5. The molecule has 3 fully saturated rings. The Hall–Kier alpha value is -2.01. The third-order valence-electron chi connectivity index (χ3n) is 7.52. The normalized spacial score (nSPS) is 22.6. The first-order valence-electron chi connectivity index (χ1n) is 12.5. The zero-order valence-electron chi connectivity index (χ0n) is 19.1. The summed E-state index contributed by atoms with van der Waals surface area (Å²) in [6.45, 7) is 3.44. The van der Waals surface area contributed by atoms with Gasteiger partial charge in [0.15, 0.2) is 0 Å². The van der Waals surface area contributed by atoms with Gasteiger partial charge in [0.1, 0.15) is 11.6 Å². The van der Waals surface area contributed by atoms with E-state index in [2.05, 4.69) is 4.90 Å². The highest BCUT2D eigenvalue weighted by molar-refractivity contribution is 5.94. The topological polar surface area (TPSA) is 23.6 Å². The summed E-state index contributed by atoms with van der Waals surface area (Å²) in [5.41, 5.74) is 0.754. The molecule has 0 spiro atoms. The van der Waals surface area contributed by atoms with Crippen LogP contribution in [0.3, 0.4) is 0 Å². The van der Waals surface area contributed by atoms with E-state index in [0.29, 0.717) is 6.04 Å². The number of halogens is 2. The molecule has 174 valence electrons. The predicted molar refractivity (Wildman–Crippen MR) is 125 cm³/mol. The fraction of sp³-hybridized carbons (Fsp3) is 0.593. The van der Waals surface area contributed by atoms with Crippen molar-refractivity contribution in [2.24, 2.45) is 5.92 Å². The molecule has 1 amide bonds. The van der Waals surface area contributed by atoms with Crippen molar-refractivity contribution < 1.29 is 13.6 Å². The van der Waals surface area contributed by atoms with Gasteiger partial charge in [-0.2, -0.15) is 0 Å². The Morgan fingerprint density at radius 3 is 2.06 bits per heavy atom. The van der Waals surface area contributed by atoms with Gasteiger partial charge in [-0.05, 0) is 49.8 Å². The highest BCUT2D eigenvalue weighted by Crippen LogP contribution is 2.32. The van der Waals surface area contributed by atoms with Crippen LogP contribution in [0.5, 0.6) is 0 Å². The number of carbonyl (C=O) groups is 1. The Morgan fingerprint density at radius 2 is 1.44 bits per heavy atom. The number of nitrogens with zero attached hydrogens (tertiary/aromatic N) is 2. The molecular formula is C27H36F2N2O. The van der Waals surface area contributed by atoms with Crippen molar-refractivity contribution in [1.29, 1.82) is 0 Å². The summed E-state index contributed by atoms with van der Waals surface area (Å²) >= 11 is 0. The maximum absolute atomic E-state index is 14.0. The second-order valence-electron chi connectivity index (χ2n) is 9.57. The van der Waals surface area contributed by atoms with Gasteiger partial charge in [0, 0.05) is 43.4 Å². The molecule has 0 aromatic heterocycles. The van der Waals surface area contributed by atoms with Crippen molar-refractivity contribution in [3.05, 3.63) is 53.1 Å². The highest BCUT2D eigenvalue weighted by Gasteiger charge is 2.30. The van der Waals surface area contributed by atoms with Crippen molar-refractivity contribution in [3.63, 3.8) is 0 Å². The smallest absolute Gasteiger partial charge is 0.250 e. The fourth-order valence-electron chi connectivity index (χ4n) is 5.63. The Labute approximate surface area is 191 Å². The molecule has 32 heavy (non-hydrogen) atoms. The number of hydrogen-bond acceptors (Lipinski definition) is 2. The summed E-state index contributed by atoms with van der Waals surface area (Å²) in [5.74, 6) is -0.820. The van der Waals surface area contributed by atoms with Gasteiger partial charge in [-0.1, -0.05) is 56.7 Å². The molecule has 4 rings (SSSR count). The van der Waals surface area contributed by atoms with Crippen LogP contribution >= 0.6 is 0 Å². The molecule has 0 N–H and O–H groups in total. The molecule has 0 atom stereocenters. The van der Waals surface area contributed by atoms with E-state index in [1.54, 1.807) is 6.08 Å². The summed E-state index contributed by atoms with van der Waals surface area (Å²) in [6, 6.07) is 4.56. The maximum Gasteiger partial charge on any atom is 0.250 e. The standard InChI is InChI=1S/C27H36F2N2O/c28-25-15-8-16-26(29)24(25)14-7-13-23(21-9-3-1-4-10-21)27(32)31-19-17-30(18-20-31)22-11-5-2-6-12-22/h7-8,13-16,21-22H,1-6,9-12,17-20H2. The molecule has 0 bridgehead atoms. The van der Waals surface area contributed by atoms with Gasteiger partial charge in [0.05, 0.1) is 0 Å². The summed E-state index contributed by atoms with van der Waals surface area (Å²) < 4.78 is 28.0. The van der Waals surface area contributed by atoms with Crippen LogP contribution in [0.4, 0.5) is 8.78 Å². The van der Waals surface area contributed by atoms with Crippen LogP contribution in [0.1, 0.15) is 69.8 Å². The van der Waals surface area contributed by atoms with E-state index in [4.69, 9.17) is 0 Å². The zero-order chi connectivity index (χ0) is 22.3. The van der Waals surface area contributed by atoms with Crippen molar-refractivity contribution in [1.82, 2.24) is 9.80 Å². The average Bonchev–Trinajstić information content (AvgIpc) is 2.84. The highest BCUT2D eigenvalue weighted by atomic mass is 19.1. The van der Waals surface area contributed by atoms with Crippen molar-refractivity contribution >= 4 is 12.0 Å². The van der Waals surface area contributed by atoms with Gasteiger partial charge >= 0.3 is 0 Å². The van der Waals surface area contributed by atoms with Crippen LogP contribution in [0.25, 0.3) is 6.08 Å². The van der Waals surface area contributed by atoms with Crippen LogP contribution in [0.2, 0.25) is 0 Å². The SMILES string of the molecule is O=C(C(=CC=Cc1c(F)cccc1F)C1CCCCC1)N1CCN(C2CCCCC2)CC1. The van der Waals surface area contributed by atoms with E-state index >= 15 is 0 Å². The molecular weight excluding hydrogens is 406 g/mol. The van der Waals surface area contributed by atoms with Crippen LogP contribution in [-0.2, 0) is 4.79 Å². The lowest BCUT2D eigenvalue weighted by atomic mass is 9.82. The number of piperazine rings is 1. The van der Waals surface area contributed by atoms with Crippen molar-refractivity contribution in [3.8, 4) is 0 Å². The first kappa shape index (κ1) is 23.2. The Morgan fingerprint density at radius 1 is 0.844 bits per heavy atom. The Balaban J connectivity index is 1.46. The second-order valence-corrected chi connectivity index (χ2v) is 9.57. The summed E-state index contributed by atoms with van der Waals surface area (Å²) in [4.78, 5) is 18.1. The number of allylic oxidation sites excluding steroid dienone is 2. The minimum absolute atomic E-state index is 0.0553. The van der Waals surface area contributed by atoms with E-state index in [0.717, 1.165) is 57.4 Å². The lowest BCUT2D eigenvalue weighted by Gasteiger charge is -2.41. The lowest BCUT2D eigenvalue weighted by molar-refractivity contribution is -0.130. The monoisotopic (exact) mass is 442 g/mol. The molecule has 0 unspecified atom stereocenters. The molecule has 2 saturated carbocycles. The Kier molecular flexibility index (Phi) is 8.12. The van der Waals surface area contributed by atoms with E-state index in [1.165, 1.54) is 62.8 Å². The summed E-state index contributed by atoms with van der Waals surface area (Å²) in [5, 5.41) is 0. The van der Waals surface area contributed by atoms with Crippen molar-refractivity contribution in [2.75, 3.05) is 26.2 Å². The number of hydrogen-bond donors (Lipinski definition) is 0. The molecule has 1 saturated heterocycles. The molecule has 1 heterocycles. The van der Waals surface area contributed by atoms with Gasteiger partial charge in [-0.15, -0.1) is 0 Å². The van der Waals surface area contributed by atoms with Gasteiger partial charge in [0.25, 0.3) is 0 Å². The van der Waals surface area contributed by atoms with Gasteiger partial charge in [0.2, 0.25) is 5.91 Å². The fourth-order valence-corrected chi connectivity index (χ4v) is 5.63. The predicted octanol–water partition coefficient (Wildman–Crippen LogP) is 5.96. The number of benzene rings is 1. The van der Waals surface area contributed by atoms with E-state index in [-0.39, 0.29) is 17.4 Å². The van der Waals surface area contributed by atoms with E-state index in [1.807, 2.05) is 11.0 Å². The molecule has 3 nitrogen and oxygen atoms in total. The molecule has 5 heteroatoms. The summed E-state index contributed by atoms with van der Waals surface area (Å²) in [6.07, 6.45) is 17.0. The van der Waals surface area contributed by atoms with Gasteiger partial charge in [-0.3, -0.25) is 9.69 Å². The average molecular weight is 443 g/mol. The minimum atomic E-state index is -0.584. The van der Waals surface area contributed by atoms with Crippen molar-refractivity contribution in [2.45, 2.75) is 70.3 Å². The molecule has 1 aliphatic heterocycles. The third-order valence-corrected chi connectivity index (χ3v) is 7.52. The van der Waals surface area contributed by atoms with Crippen LogP contribution in [0.15, 0.2) is 35.9 Å². The first-order chi connectivity index (χ1) is 15.6. The van der Waals surface area contributed by atoms with E-state index in [9.17, 15) is 13.6 Å². The third kappa shape index (κ3) is 5.67. The number of rotatable bonds is 5. The van der Waals surface area contributed by atoms with E-state index < -0.39 is 11.6 Å². The molecule has 2 aliphatic carbocycles. The Bertz CT molecular complexity index is 810. The lowest BCUT2D eigenvalue weighted by Crippen LogP contribution is -2.52. The molecule has 1 aromatic rings. The van der Waals surface area contributed by atoms with Gasteiger partial charge in [-0.25, -0.2) is 8.78 Å². The minimum Gasteiger partial charge on any atom is -0.336 e. The van der Waals surface area contributed by atoms with Crippen LogP contribution in [0, 0.1) is 17.6 Å². The zero-order valence-corrected chi connectivity index (χ0v) is 19.1. The summed E-state index contributed by atoms with van der Waals surface area (Å²) in [7, 11) is 0. The molecule has 0 radical (unpaired) electrons. The number of amides is 1. The maximum atomic E-state index is 14.0. The largest absolute Gasteiger partial charge is 0.336 e. The quantitative estimate of drug-likeness (QED) is 0.415. The number of carbonyl (C=O) groups excluding carboxylic acids is 1. The van der Waals surface area contributed by atoms with Crippen LogP contribution < -0.4 is 0 Å². The molecule has 3 aliphatic rings. The molecule has 1 aromatic carbocycles.